The molecule has 3 rings (SSSR count). The van der Waals surface area contributed by atoms with E-state index in [4.69, 9.17) is 9.47 Å². The Hall–Kier alpha value is -2.89. The molecule has 21 heavy (non-hydrogen) atoms. The summed E-state index contributed by atoms with van der Waals surface area (Å²) in [4.78, 5) is 11.5. The lowest BCUT2D eigenvalue weighted by Gasteiger charge is -2.06. The van der Waals surface area contributed by atoms with Gasteiger partial charge in [-0.1, -0.05) is 12.1 Å². The average molecular weight is 283 g/mol. The average Bonchev–Trinajstić information content (AvgIpc) is 2.96. The van der Waals surface area contributed by atoms with Crippen LogP contribution in [-0.4, -0.2) is 34.8 Å². The number of rotatable bonds is 3. The van der Waals surface area contributed by atoms with Crippen LogP contribution in [0.1, 0.15) is 10.4 Å². The Bertz CT molecular complexity index is 811. The molecule has 2 heterocycles. The minimum atomic E-state index is -0.403. The van der Waals surface area contributed by atoms with E-state index in [9.17, 15) is 4.79 Å². The van der Waals surface area contributed by atoms with Crippen LogP contribution < -0.4 is 4.74 Å². The second-order valence-electron chi connectivity index (χ2n) is 4.36. The van der Waals surface area contributed by atoms with E-state index in [1.165, 1.54) is 7.11 Å². The van der Waals surface area contributed by atoms with E-state index in [2.05, 4.69) is 10.2 Å². The number of esters is 1. The Balaban J connectivity index is 2.15. The van der Waals surface area contributed by atoms with Crippen molar-refractivity contribution in [3.63, 3.8) is 0 Å². The van der Waals surface area contributed by atoms with Crippen LogP contribution in [0.15, 0.2) is 42.6 Å². The van der Waals surface area contributed by atoms with E-state index in [0.717, 1.165) is 5.56 Å². The minimum absolute atomic E-state index is 0.403. The number of pyridine rings is 1. The van der Waals surface area contributed by atoms with Crippen molar-refractivity contribution in [2.45, 2.75) is 0 Å². The number of para-hydroxylation sites is 1. The molecule has 0 atom stereocenters. The molecule has 0 saturated carbocycles. The van der Waals surface area contributed by atoms with Crippen LogP contribution in [0.5, 0.6) is 5.75 Å². The van der Waals surface area contributed by atoms with Crippen molar-refractivity contribution in [1.82, 2.24) is 14.6 Å². The number of methoxy groups -OCH3 is 2. The lowest BCUT2D eigenvalue weighted by atomic mass is 10.2. The van der Waals surface area contributed by atoms with Crippen LogP contribution in [0.3, 0.4) is 0 Å². The molecular weight excluding hydrogens is 270 g/mol. The fourth-order valence-corrected chi connectivity index (χ4v) is 2.15. The van der Waals surface area contributed by atoms with Crippen LogP contribution in [0.2, 0.25) is 0 Å². The van der Waals surface area contributed by atoms with Crippen LogP contribution >= 0.6 is 0 Å². The van der Waals surface area contributed by atoms with E-state index in [1.54, 1.807) is 29.8 Å². The zero-order valence-corrected chi connectivity index (χ0v) is 11.6. The predicted molar refractivity (Wildman–Crippen MR) is 76.3 cm³/mol. The zero-order valence-electron chi connectivity index (χ0n) is 11.6. The third-order valence-electron chi connectivity index (χ3n) is 3.18. The van der Waals surface area contributed by atoms with Crippen LogP contribution in [0.4, 0.5) is 0 Å². The summed E-state index contributed by atoms with van der Waals surface area (Å²) in [5.74, 6) is 0.960. The maximum atomic E-state index is 11.5. The summed E-state index contributed by atoms with van der Waals surface area (Å²) >= 11 is 0. The molecule has 106 valence electrons. The van der Waals surface area contributed by atoms with Crippen LogP contribution in [0, 0.1) is 0 Å². The molecule has 0 saturated heterocycles. The second kappa shape index (κ2) is 5.24. The van der Waals surface area contributed by atoms with Gasteiger partial charge in [0.1, 0.15) is 5.75 Å². The fraction of sp³-hybridized carbons (Fsp3) is 0.133. The van der Waals surface area contributed by atoms with Gasteiger partial charge in [0.15, 0.2) is 11.5 Å². The third-order valence-corrected chi connectivity index (χ3v) is 3.18. The molecule has 0 aliphatic carbocycles. The Morgan fingerprint density at radius 2 is 1.95 bits per heavy atom. The van der Waals surface area contributed by atoms with E-state index < -0.39 is 5.97 Å². The number of benzene rings is 1. The number of carbonyl (C=O) groups excluding carboxylic acids is 1. The Labute approximate surface area is 120 Å². The SMILES string of the molecule is COC(=O)c1ccn2c(-c3ccccc3OC)nnc2c1. The van der Waals surface area contributed by atoms with E-state index in [1.807, 2.05) is 24.3 Å². The molecule has 0 amide bonds. The molecule has 0 aliphatic rings. The van der Waals surface area contributed by atoms with Gasteiger partial charge < -0.3 is 9.47 Å². The van der Waals surface area contributed by atoms with Crippen LogP contribution in [-0.2, 0) is 4.74 Å². The van der Waals surface area contributed by atoms with Gasteiger partial charge in [0.2, 0.25) is 0 Å². The molecule has 6 heteroatoms. The zero-order chi connectivity index (χ0) is 14.8. The summed E-state index contributed by atoms with van der Waals surface area (Å²) in [7, 11) is 2.95. The van der Waals surface area contributed by atoms with Crippen molar-refractivity contribution in [2.75, 3.05) is 14.2 Å². The van der Waals surface area contributed by atoms with Crippen molar-refractivity contribution in [2.24, 2.45) is 0 Å². The van der Waals surface area contributed by atoms with Gasteiger partial charge in [0.25, 0.3) is 0 Å². The Kier molecular flexibility index (Phi) is 3.27. The van der Waals surface area contributed by atoms with Gasteiger partial charge in [-0.05, 0) is 24.3 Å². The first-order valence-corrected chi connectivity index (χ1v) is 6.31. The molecule has 0 N–H and O–H groups in total. The standard InChI is InChI=1S/C15H13N3O3/c1-20-12-6-4-3-5-11(12)14-17-16-13-9-10(15(19)21-2)7-8-18(13)14/h3-9H,1-2H3. The molecular formula is C15H13N3O3. The van der Waals surface area contributed by atoms with E-state index in [0.29, 0.717) is 22.8 Å². The number of nitrogens with zero attached hydrogens (tertiary/aromatic N) is 3. The highest BCUT2D eigenvalue weighted by atomic mass is 16.5. The Morgan fingerprint density at radius 3 is 2.71 bits per heavy atom. The maximum absolute atomic E-state index is 11.5. The number of fused-ring (bicyclic) bond motifs is 1. The summed E-state index contributed by atoms with van der Waals surface area (Å²) in [6.07, 6.45) is 1.74. The van der Waals surface area contributed by atoms with Gasteiger partial charge in [-0.3, -0.25) is 4.40 Å². The number of carbonyl (C=O) groups is 1. The highest BCUT2D eigenvalue weighted by Crippen LogP contribution is 2.28. The second-order valence-corrected chi connectivity index (χ2v) is 4.36. The molecule has 6 nitrogen and oxygen atoms in total. The van der Waals surface area contributed by atoms with Gasteiger partial charge in [-0.2, -0.15) is 0 Å². The lowest BCUT2D eigenvalue weighted by molar-refractivity contribution is 0.0600. The smallest absolute Gasteiger partial charge is 0.338 e. The molecule has 0 spiro atoms. The summed E-state index contributed by atoms with van der Waals surface area (Å²) in [5.41, 5.74) is 1.83. The van der Waals surface area contributed by atoms with E-state index in [-0.39, 0.29) is 0 Å². The number of hydrogen-bond donors (Lipinski definition) is 0. The van der Waals surface area contributed by atoms with Gasteiger partial charge in [-0.25, -0.2) is 4.79 Å². The molecule has 0 bridgehead atoms. The number of hydrogen-bond acceptors (Lipinski definition) is 5. The molecule has 0 unspecified atom stereocenters. The fourth-order valence-electron chi connectivity index (χ4n) is 2.15. The topological polar surface area (TPSA) is 65.7 Å². The van der Waals surface area contributed by atoms with Crippen molar-refractivity contribution in [3.8, 4) is 17.1 Å². The van der Waals surface area contributed by atoms with Gasteiger partial charge in [0, 0.05) is 6.20 Å². The molecule has 0 radical (unpaired) electrons. The van der Waals surface area contributed by atoms with Gasteiger partial charge >= 0.3 is 5.97 Å². The third kappa shape index (κ3) is 2.20. The van der Waals surface area contributed by atoms with Crippen LogP contribution in [0.25, 0.3) is 17.0 Å². The summed E-state index contributed by atoms with van der Waals surface area (Å²) in [6.45, 7) is 0. The first-order valence-electron chi connectivity index (χ1n) is 6.31. The van der Waals surface area contributed by atoms with Crippen molar-refractivity contribution in [3.05, 3.63) is 48.2 Å². The predicted octanol–water partition coefficient (Wildman–Crippen LogP) is 2.19. The quantitative estimate of drug-likeness (QED) is 0.689. The van der Waals surface area contributed by atoms with Crippen molar-refractivity contribution in [1.29, 1.82) is 0 Å². The highest BCUT2D eigenvalue weighted by molar-refractivity contribution is 5.90. The maximum Gasteiger partial charge on any atom is 0.338 e. The Morgan fingerprint density at radius 1 is 1.14 bits per heavy atom. The van der Waals surface area contributed by atoms with E-state index >= 15 is 0 Å². The van der Waals surface area contributed by atoms with Gasteiger partial charge in [0.05, 0.1) is 25.3 Å². The number of ether oxygens (including phenoxy) is 2. The molecule has 0 aliphatic heterocycles. The summed E-state index contributed by atoms with van der Waals surface area (Å²) in [5, 5.41) is 8.28. The minimum Gasteiger partial charge on any atom is -0.496 e. The first kappa shape index (κ1) is 13.1. The lowest BCUT2D eigenvalue weighted by Crippen LogP contribution is -2.02. The molecule has 0 fully saturated rings. The number of aromatic nitrogens is 3. The normalized spacial score (nSPS) is 10.6. The van der Waals surface area contributed by atoms with Gasteiger partial charge in [-0.15, -0.1) is 10.2 Å². The largest absolute Gasteiger partial charge is 0.496 e. The molecule has 3 aromatic rings. The molecule has 2 aromatic heterocycles. The summed E-state index contributed by atoms with van der Waals surface area (Å²) in [6, 6.07) is 10.9. The van der Waals surface area contributed by atoms with Crippen molar-refractivity contribution < 1.29 is 14.3 Å². The monoisotopic (exact) mass is 283 g/mol. The summed E-state index contributed by atoms with van der Waals surface area (Å²) < 4.78 is 11.8. The van der Waals surface area contributed by atoms with Crippen molar-refractivity contribution >= 4 is 11.6 Å². The first-order chi connectivity index (χ1) is 10.2. The molecule has 1 aromatic carbocycles. The highest BCUT2D eigenvalue weighted by Gasteiger charge is 2.14.